The van der Waals surface area contributed by atoms with Gasteiger partial charge in [0.25, 0.3) is 5.69 Å². The molecule has 25 heavy (non-hydrogen) atoms. The molecule has 0 saturated heterocycles. The number of benzene rings is 2. The molecule has 0 saturated carbocycles. The van der Waals surface area contributed by atoms with Gasteiger partial charge >= 0.3 is 0 Å². The third kappa shape index (κ3) is 2.68. The number of hydrogen-bond acceptors (Lipinski definition) is 5. The Labute approximate surface area is 146 Å². The predicted molar refractivity (Wildman–Crippen MR) is 97.7 cm³/mol. The van der Waals surface area contributed by atoms with Crippen LogP contribution in [0.15, 0.2) is 48.5 Å². The molecule has 0 unspecified atom stereocenters. The lowest BCUT2D eigenvalue weighted by Crippen LogP contribution is -1.95. The molecule has 0 spiro atoms. The van der Waals surface area contributed by atoms with Crippen molar-refractivity contribution in [1.29, 1.82) is 0 Å². The molecular formula is C17H11N5O2S. The van der Waals surface area contributed by atoms with Crippen LogP contribution in [0.3, 0.4) is 0 Å². The lowest BCUT2D eigenvalue weighted by atomic mass is 10.2. The van der Waals surface area contributed by atoms with Gasteiger partial charge in [-0.25, -0.2) is 4.98 Å². The van der Waals surface area contributed by atoms with Crippen LogP contribution in [0.1, 0.15) is 11.3 Å². The standard InChI is InChI=1S/C17H11N5O2S/c23-22(24)12-8-5-11(6-9-12)7-10-14-16-19-20-17(25)21(16)15-4-2-1-3-13(15)18-14/h1-10H,(H,20,25)/b10-7+. The quantitative estimate of drug-likeness (QED) is 0.343. The third-order valence-corrected chi connectivity index (χ3v) is 4.08. The van der Waals surface area contributed by atoms with Crippen molar-refractivity contribution in [1.82, 2.24) is 19.6 Å². The summed E-state index contributed by atoms with van der Waals surface area (Å²) in [6.07, 6.45) is 3.65. The van der Waals surface area contributed by atoms with Crippen molar-refractivity contribution in [2.45, 2.75) is 0 Å². The maximum Gasteiger partial charge on any atom is 0.269 e. The number of hydrogen-bond donors (Lipinski definition) is 1. The minimum atomic E-state index is -0.423. The van der Waals surface area contributed by atoms with Crippen LogP contribution in [0, 0.1) is 14.9 Å². The second-order valence-corrected chi connectivity index (χ2v) is 5.74. The van der Waals surface area contributed by atoms with E-state index in [1.54, 1.807) is 12.1 Å². The molecule has 2 aromatic carbocycles. The van der Waals surface area contributed by atoms with E-state index in [9.17, 15) is 10.1 Å². The Morgan fingerprint density at radius 1 is 1.12 bits per heavy atom. The van der Waals surface area contributed by atoms with E-state index < -0.39 is 4.92 Å². The van der Waals surface area contributed by atoms with Crippen molar-refractivity contribution >= 4 is 46.7 Å². The van der Waals surface area contributed by atoms with Crippen LogP contribution >= 0.6 is 12.2 Å². The van der Waals surface area contributed by atoms with E-state index in [2.05, 4.69) is 15.2 Å². The average Bonchev–Trinajstić information content (AvgIpc) is 3.02. The zero-order valence-corrected chi connectivity index (χ0v) is 13.6. The van der Waals surface area contributed by atoms with Crippen LogP contribution in [-0.4, -0.2) is 24.5 Å². The zero-order valence-electron chi connectivity index (χ0n) is 12.8. The molecule has 0 fully saturated rings. The van der Waals surface area contributed by atoms with Gasteiger partial charge in [0, 0.05) is 12.1 Å². The van der Waals surface area contributed by atoms with Crippen molar-refractivity contribution < 1.29 is 4.92 Å². The summed E-state index contributed by atoms with van der Waals surface area (Å²) < 4.78 is 2.34. The number of nitrogens with zero attached hydrogens (tertiary/aromatic N) is 4. The van der Waals surface area contributed by atoms with Crippen LogP contribution in [0.5, 0.6) is 0 Å². The van der Waals surface area contributed by atoms with Gasteiger partial charge in [-0.15, -0.1) is 0 Å². The van der Waals surface area contributed by atoms with Gasteiger partial charge in [-0.3, -0.25) is 19.6 Å². The van der Waals surface area contributed by atoms with E-state index in [0.717, 1.165) is 16.6 Å². The Morgan fingerprint density at radius 2 is 1.88 bits per heavy atom. The van der Waals surface area contributed by atoms with Gasteiger partial charge < -0.3 is 0 Å². The van der Waals surface area contributed by atoms with Gasteiger partial charge in [0.1, 0.15) is 5.69 Å². The van der Waals surface area contributed by atoms with Crippen LogP contribution in [0.4, 0.5) is 5.69 Å². The molecule has 0 aliphatic rings. The highest BCUT2D eigenvalue weighted by Crippen LogP contribution is 2.19. The summed E-state index contributed by atoms with van der Waals surface area (Å²) >= 11 is 5.32. The Morgan fingerprint density at radius 3 is 2.64 bits per heavy atom. The second kappa shape index (κ2) is 5.91. The highest BCUT2D eigenvalue weighted by atomic mass is 32.1. The smallest absolute Gasteiger partial charge is 0.265 e. The molecule has 0 bridgehead atoms. The Balaban J connectivity index is 1.83. The van der Waals surface area contributed by atoms with Gasteiger partial charge in [0.2, 0.25) is 0 Å². The molecule has 122 valence electrons. The van der Waals surface area contributed by atoms with Crippen LogP contribution in [-0.2, 0) is 0 Å². The van der Waals surface area contributed by atoms with E-state index in [1.807, 2.05) is 40.8 Å². The molecular weight excluding hydrogens is 338 g/mol. The normalized spacial score (nSPS) is 11.5. The van der Waals surface area contributed by atoms with E-state index in [-0.39, 0.29) is 5.69 Å². The molecule has 2 aromatic heterocycles. The number of fused-ring (bicyclic) bond motifs is 3. The number of H-pyrrole nitrogens is 1. The van der Waals surface area contributed by atoms with Gasteiger partial charge in [0.05, 0.1) is 16.0 Å². The maximum atomic E-state index is 10.7. The lowest BCUT2D eigenvalue weighted by Gasteiger charge is -2.03. The van der Waals surface area contributed by atoms with E-state index in [0.29, 0.717) is 16.1 Å². The van der Waals surface area contributed by atoms with Crippen LogP contribution in [0.2, 0.25) is 0 Å². The van der Waals surface area contributed by atoms with Gasteiger partial charge in [-0.2, -0.15) is 5.10 Å². The van der Waals surface area contributed by atoms with E-state index >= 15 is 0 Å². The highest BCUT2D eigenvalue weighted by Gasteiger charge is 2.09. The SMILES string of the molecule is O=[N+]([O-])c1ccc(/C=C/c2nc3ccccc3n3c(=S)[nH]nc23)cc1. The number of rotatable bonds is 3. The molecule has 8 heteroatoms. The number of nitro groups is 1. The molecule has 0 atom stereocenters. The third-order valence-electron chi connectivity index (χ3n) is 3.80. The minimum Gasteiger partial charge on any atom is -0.265 e. The summed E-state index contributed by atoms with van der Waals surface area (Å²) in [6.45, 7) is 0. The first-order valence-electron chi connectivity index (χ1n) is 7.42. The first kappa shape index (κ1) is 15.2. The Hall–Kier alpha value is -3.39. The fourth-order valence-electron chi connectivity index (χ4n) is 2.61. The monoisotopic (exact) mass is 349 g/mol. The van der Waals surface area contributed by atoms with E-state index in [1.165, 1.54) is 12.1 Å². The summed E-state index contributed by atoms with van der Waals surface area (Å²) in [5.41, 5.74) is 3.85. The number of aromatic amines is 1. The largest absolute Gasteiger partial charge is 0.269 e. The molecule has 0 aliphatic heterocycles. The molecule has 0 amide bonds. The number of para-hydroxylation sites is 2. The van der Waals surface area contributed by atoms with Crippen molar-refractivity contribution in [3.8, 4) is 0 Å². The molecule has 4 rings (SSSR count). The molecule has 0 radical (unpaired) electrons. The maximum absolute atomic E-state index is 10.7. The zero-order chi connectivity index (χ0) is 17.4. The molecule has 7 nitrogen and oxygen atoms in total. The molecule has 2 heterocycles. The number of nitrogens with one attached hydrogen (secondary N) is 1. The topological polar surface area (TPSA) is 89.1 Å². The average molecular weight is 349 g/mol. The van der Waals surface area contributed by atoms with Crippen molar-refractivity contribution in [3.63, 3.8) is 0 Å². The lowest BCUT2D eigenvalue weighted by molar-refractivity contribution is -0.384. The van der Waals surface area contributed by atoms with Gasteiger partial charge in [0.15, 0.2) is 10.4 Å². The Kier molecular flexibility index (Phi) is 3.58. The van der Waals surface area contributed by atoms with Crippen LogP contribution < -0.4 is 0 Å². The summed E-state index contributed by atoms with van der Waals surface area (Å²) in [5, 5.41) is 17.8. The Bertz CT molecular complexity index is 1190. The van der Waals surface area contributed by atoms with E-state index in [4.69, 9.17) is 12.2 Å². The summed E-state index contributed by atoms with van der Waals surface area (Å²) in [6, 6.07) is 14.0. The van der Waals surface area contributed by atoms with Crippen molar-refractivity contribution in [3.05, 3.63) is 74.7 Å². The fraction of sp³-hybridized carbons (Fsp3) is 0. The second-order valence-electron chi connectivity index (χ2n) is 5.36. The fourth-order valence-corrected chi connectivity index (χ4v) is 2.84. The number of aromatic nitrogens is 4. The number of nitro benzene ring substituents is 1. The molecule has 1 N–H and O–H groups in total. The summed E-state index contributed by atoms with van der Waals surface area (Å²) in [4.78, 5) is 14.9. The summed E-state index contributed by atoms with van der Waals surface area (Å²) in [7, 11) is 0. The summed E-state index contributed by atoms with van der Waals surface area (Å²) in [5.74, 6) is 0. The van der Waals surface area contributed by atoms with Crippen molar-refractivity contribution in [2.75, 3.05) is 0 Å². The molecule has 4 aromatic rings. The minimum absolute atomic E-state index is 0.0574. The first-order chi connectivity index (χ1) is 12.1. The highest BCUT2D eigenvalue weighted by molar-refractivity contribution is 7.71. The first-order valence-corrected chi connectivity index (χ1v) is 7.83. The van der Waals surface area contributed by atoms with Crippen LogP contribution in [0.25, 0.3) is 28.8 Å². The van der Waals surface area contributed by atoms with Crippen molar-refractivity contribution in [2.24, 2.45) is 0 Å². The van der Waals surface area contributed by atoms with Gasteiger partial charge in [-0.1, -0.05) is 18.2 Å². The van der Waals surface area contributed by atoms with Gasteiger partial charge in [-0.05, 0) is 48.1 Å². The number of non-ortho nitro benzene ring substituents is 1. The predicted octanol–water partition coefficient (Wildman–Crippen LogP) is 4.02. The molecule has 0 aliphatic carbocycles.